The average molecular weight is 236 g/mol. The topological polar surface area (TPSA) is 73.4 Å². The summed E-state index contributed by atoms with van der Waals surface area (Å²) in [4.78, 5) is 27.5. The van der Waals surface area contributed by atoms with Crippen molar-refractivity contribution in [3.63, 3.8) is 0 Å². The predicted octanol–water partition coefficient (Wildman–Crippen LogP) is 0.304. The number of nitrogens with one attached hydrogen (secondary N) is 1. The van der Waals surface area contributed by atoms with Crippen LogP contribution in [0.2, 0.25) is 0 Å². The molecule has 2 N–H and O–H groups in total. The van der Waals surface area contributed by atoms with Crippen molar-refractivity contribution in [1.82, 2.24) is 9.88 Å². The molecule has 0 bridgehead atoms. The molecule has 0 aromatic carbocycles. The first-order chi connectivity index (χ1) is 8.10. The monoisotopic (exact) mass is 236 g/mol. The fraction of sp³-hybridized carbons (Fsp3) is 0.333. The Morgan fingerprint density at radius 2 is 2.29 bits per heavy atom. The third kappa shape index (κ3) is 3.29. The molecule has 1 aromatic rings. The van der Waals surface area contributed by atoms with Crippen molar-refractivity contribution in [2.24, 2.45) is 0 Å². The van der Waals surface area contributed by atoms with E-state index in [2.05, 4.69) is 11.6 Å². The van der Waals surface area contributed by atoms with Crippen molar-refractivity contribution in [1.29, 1.82) is 0 Å². The van der Waals surface area contributed by atoms with Crippen molar-refractivity contribution in [2.45, 2.75) is 6.92 Å². The van der Waals surface area contributed by atoms with Crippen LogP contribution < -0.4 is 5.56 Å². The third-order valence-electron chi connectivity index (χ3n) is 2.29. The number of aryl methyl sites for hydroxylation is 1. The highest BCUT2D eigenvalue weighted by Crippen LogP contribution is 2.00. The summed E-state index contributed by atoms with van der Waals surface area (Å²) in [5.74, 6) is -0.403. The molecule has 92 valence electrons. The van der Waals surface area contributed by atoms with Gasteiger partial charge < -0.3 is 15.0 Å². The lowest BCUT2D eigenvalue weighted by molar-refractivity contribution is 0.0741. The molecule has 1 amide bonds. The van der Waals surface area contributed by atoms with Gasteiger partial charge in [-0.2, -0.15) is 0 Å². The van der Waals surface area contributed by atoms with Crippen LogP contribution in [0.15, 0.2) is 29.6 Å². The van der Waals surface area contributed by atoms with E-state index in [4.69, 9.17) is 5.11 Å². The van der Waals surface area contributed by atoms with E-state index in [1.165, 1.54) is 11.0 Å². The summed E-state index contributed by atoms with van der Waals surface area (Å²) in [6, 6.07) is 3.16. The molecule has 0 saturated heterocycles. The Bertz CT molecular complexity index is 465. The number of rotatable bonds is 5. The molecule has 1 rings (SSSR count). The number of hydrogen-bond acceptors (Lipinski definition) is 3. The molecule has 0 fully saturated rings. The number of hydrogen-bond donors (Lipinski definition) is 2. The van der Waals surface area contributed by atoms with E-state index in [1.54, 1.807) is 19.1 Å². The zero-order valence-electron chi connectivity index (χ0n) is 9.77. The minimum absolute atomic E-state index is 0.0749. The van der Waals surface area contributed by atoms with Crippen LogP contribution in [0.1, 0.15) is 16.1 Å². The molecule has 1 aromatic heterocycles. The predicted molar refractivity (Wildman–Crippen MR) is 65.0 cm³/mol. The van der Waals surface area contributed by atoms with E-state index in [0.29, 0.717) is 12.2 Å². The zero-order valence-corrected chi connectivity index (χ0v) is 9.77. The van der Waals surface area contributed by atoms with Crippen molar-refractivity contribution in [2.75, 3.05) is 19.7 Å². The number of H-pyrrole nitrogens is 1. The number of aromatic nitrogens is 1. The largest absolute Gasteiger partial charge is 0.395 e. The number of amides is 1. The molecule has 0 aliphatic heterocycles. The fourth-order valence-electron chi connectivity index (χ4n) is 1.46. The van der Waals surface area contributed by atoms with E-state index < -0.39 is 11.5 Å². The summed E-state index contributed by atoms with van der Waals surface area (Å²) in [7, 11) is 0. The quantitative estimate of drug-likeness (QED) is 0.722. The van der Waals surface area contributed by atoms with Gasteiger partial charge in [0.1, 0.15) is 5.56 Å². The van der Waals surface area contributed by atoms with E-state index in [1.807, 2.05) is 0 Å². The first kappa shape index (κ1) is 13.2. The van der Waals surface area contributed by atoms with Gasteiger partial charge in [-0.15, -0.1) is 6.58 Å². The number of aliphatic hydroxyl groups is 1. The van der Waals surface area contributed by atoms with Crippen LogP contribution in [-0.2, 0) is 0 Å². The minimum Gasteiger partial charge on any atom is -0.395 e. The van der Waals surface area contributed by atoms with Crippen LogP contribution in [-0.4, -0.2) is 40.6 Å². The van der Waals surface area contributed by atoms with Gasteiger partial charge in [-0.05, 0) is 19.1 Å². The van der Waals surface area contributed by atoms with Gasteiger partial charge in [0.25, 0.3) is 11.5 Å². The summed E-state index contributed by atoms with van der Waals surface area (Å²) in [5.41, 5.74) is 0.358. The van der Waals surface area contributed by atoms with Crippen LogP contribution in [0.3, 0.4) is 0 Å². The minimum atomic E-state index is -0.415. The van der Waals surface area contributed by atoms with Gasteiger partial charge in [-0.3, -0.25) is 9.59 Å². The van der Waals surface area contributed by atoms with Crippen LogP contribution in [0.5, 0.6) is 0 Å². The van der Waals surface area contributed by atoms with Gasteiger partial charge in [0.05, 0.1) is 6.61 Å². The fourth-order valence-corrected chi connectivity index (χ4v) is 1.46. The lowest BCUT2D eigenvalue weighted by atomic mass is 10.2. The maximum atomic E-state index is 12.0. The third-order valence-corrected chi connectivity index (χ3v) is 2.29. The molecule has 5 nitrogen and oxygen atoms in total. The molecular weight excluding hydrogens is 220 g/mol. The van der Waals surface area contributed by atoms with Gasteiger partial charge in [0, 0.05) is 18.8 Å². The second-order valence-electron chi connectivity index (χ2n) is 3.65. The Hall–Kier alpha value is -1.88. The maximum absolute atomic E-state index is 12.0. The number of aliphatic hydroxyl groups excluding tert-OH is 1. The van der Waals surface area contributed by atoms with E-state index in [-0.39, 0.29) is 18.7 Å². The number of nitrogens with zero attached hydrogens (tertiary/aromatic N) is 1. The maximum Gasteiger partial charge on any atom is 0.260 e. The van der Waals surface area contributed by atoms with Crippen LogP contribution in [0.4, 0.5) is 0 Å². The Kier molecular flexibility index (Phi) is 4.66. The van der Waals surface area contributed by atoms with Gasteiger partial charge >= 0.3 is 0 Å². The average Bonchev–Trinajstić information content (AvgIpc) is 2.28. The second-order valence-corrected chi connectivity index (χ2v) is 3.65. The molecule has 0 spiro atoms. The Labute approximate surface area is 99.4 Å². The Morgan fingerprint density at radius 3 is 2.82 bits per heavy atom. The lowest BCUT2D eigenvalue weighted by Gasteiger charge is -2.19. The summed E-state index contributed by atoms with van der Waals surface area (Å²) >= 11 is 0. The molecule has 17 heavy (non-hydrogen) atoms. The molecule has 5 heteroatoms. The molecule has 0 aliphatic carbocycles. The Morgan fingerprint density at radius 1 is 1.59 bits per heavy atom. The molecule has 0 aliphatic rings. The normalized spacial score (nSPS) is 10.0. The standard InChI is InChI=1S/C12H16N2O3/c1-3-6-14(7-8-15)12(17)10-5-4-9(2)13-11(10)16/h3-5,15H,1,6-8H2,2H3,(H,13,16). The van der Waals surface area contributed by atoms with Crippen LogP contribution >= 0.6 is 0 Å². The van der Waals surface area contributed by atoms with E-state index >= 15 is 0 Å². The van der Waals surface area contributed by atoms with Crippen molar-refractivity contribution < 1.29 is 9.90 Å². The van der Waals surface area contributed by atoms with E-state index in [9.17, 15) is 9.59 Å². The molecule has 0 saturated carbocycles. The van der Waals surface area contributed by atoms with Crippen molar-refractivity contribution >= 4 is 5.91 Å². The first-order valence-electron chi connectivity index (χ1n) is 5.31. The smallest absolute Gasteiger partial charge is 0.260 e. The molecule has 0 unspecified atom stereocenters. The first-order valence-corrected chi connectivity index (χ1v) is 5.31. The number of carbonyl (C=O) groups excluding carboxylic acids is 1. The zero-order chi connectivity index (χ0) is 12.8. The highest BCUT2D eigenvalue weighted by molar-refractivity contribution is 5.93. The van der Waals surface area contributed by atoms with Gasteiger partial charge in [0.2, 0.25) is 0 Å². The summed E-state index contributed by atoms with van der Waals surface area (Å²) in [6.07, 6.45) is 1.55. The number of carbonyl (C=O) groups is 1. The molecule has 0 atom stereocenters. The van der Waals surface area contributed by atoms with Gasteiger partial charge in [0.15, 0.2) is 0 Å². The lowest BCUT2D eigenvalue weighted by Crippen LogP contribution is -2.36. The molecule has 0 radical (unpaired) electrons. The van der Waals surface area contributed by atoms with E-state index in [0.717, 1.165) is 0 Å². The number of pyridine rings is 1. The summed E-state index contributed by atoms with van der Waals surface area (Å²) < 4.78 is 0. The van der Waals surface area contributed by atoms with Crippen LogP contribution in [0, 0.1) is 6.92 Å². The molecule has 1 heterocycles. The van der Waals surface area contributed by atoms with Gasteiger partial charge in [-0.25, -0.2) is 0 Å². The highest BCUT2D eigenvalue weighted by atomic mass is 16.3. The summed E-state index contributed by atoms with van der Waals surface area (Å²) in [5, 5.41) is 8.86. The van der Waals surface area contributed by atoms with Crippen LogP contribution in [0.25, 0.3) is 0 Å². The molecular formula is C12H16N2O3. The second kappa shape index (κ2) is 6.00. The highest BCUT2D eigenvalue weighted by Gasteiger charge is 2.17. The van der Waals surface area contributed by atoms with Crippen molar-refractivity contribution in [3.8, 4) is 0 Å². The summed E-state index contributed by atoms with van der Waals surface area (Å²) in [6.45, 7) is 5.60. The van der Waals surface area contributed by atoms with Gasteiger partial charge in [-0.1, -0.05) is 6.08 Å². The SMILES string of the molecule is C=CCN(CCO)C(=O)c1ccc(C)[nH]c1=O. The van der Waals surface area contributed by atoms with Crippen molar-refractivity contribution in [3.05, 3.63) is 46.4 Å². The number of aromatic amines is 1. The Balaban J connectivity index is 3.00.